The van der Waals surface area contributed by atoms with E-state index in [1.54, 1.807) is 0 Å². The van der Waals surface area contributed by atoms with Crippen LogP contribution in [0.3, 0.4) is 0 Å². The fraction of sp³-hybridized carbons (Fsp3) is 0.900. The van der Waals surface area contributed by atoms with Crippen molar-refractivity contribution in [3.63, 3.8) is 0 Å². The quantitative estimate of drug-likeness (QED) is 0.513. The molecule has 1 unspecified atom stereocenters. The van der Waals surface area contributed by atoms with E-state index >= 15 is 0 Å². The van der Waals surface area contributed by atoms with E-state index in [0.717, 1.165) is 25.4 Å². The maximum atomic E-state index is 7.12. The molecule has 0 amide bonds. The number of piperidine rings is 1. The minimum atomic E-state index is 0.324. The van der Waals surface area contributed by atoms with Gasteiger partial charge >= 0.3 is 0 Å². The molecule has 1 fully saturated rings. The van der Waals surface area contributed by atoms with Gasteiger partial charge in [-0.15, -0.1) is 0 Å². The summed E-state index contributed by atoms with van der Waals surface area (Å²) in [5.41, 5.74) is 5.31. The number of nitrogens with one attached hydrogen (secondary N) is 1. The summed E-state index contributed by atoms with van der Waals surface area (Å²) in [5, 5.41) is 7.12. The number of nitrogens with zero attached hydrogens (tertiary/aromatic N) is 1. The number of hydrogen-bond acceptors (Lipinski definition) is 2. The van der Waals surface area contributed by atoms with Gasteiger partial charge in [-0.3, -0.25) is 5.41 Å². The van der Waals surface area contributed by atoms with Crippen LogP contribution in [0.2, 0.25) is 0 Å². The van der Waals surface area contributed by atoms with Gasteiger partial charge in [0.25, 0.3) is 0 Å². The summed E-state index contributed by atoms with van der Waals surface area (Å²) < 4.78 is 0. The Bertz CT molecular complexity index is 168. The second-order valence-corrected chi connectivity index (χ2v) is 4.01. The topological polar surface area (TPSA) is 53.1 Å². The zero-order valence-electron chi connectivity index (χ0n) is 8.55. The fourth-order valence-corrected chi connectivity index (χ4v) is 1.96. The van der Waals surface area contributed by atoms with E-state index in [4.69, 9.17) is 11.1 Å². The van der Waals surface area contributed by atoms with Crippen molar-refractivity contribution in [3.8, 4) is 0 Å². The number of nitrogens with two attached hydrogens (primary N) is 1. The summed E-state index contributed by atoms with van der Waals surface area (Å²) >= 11 is 0. The molecular formula is C10H21N3. The fourth-order valence-electron chi connectivity index (χ4n) is 1.96. The third-order valence-corrected chi connectivity index (χ3v) is 2.83. The number of likely N-dealkylation sites (tertiary alicyclic amines) is 1. The molecule has 1 atom stereocenters. The van der Waals surface area contributed by atoms with Crippen LogP contribution in [0.4, 0.5) is 0 Å². The molecule has 76 valence electrons. The van der Waals surface area contributed by atoms with Crippen LogP contribution in [0, 0.1) is 5.41 Å². The molecule has 0 spiro atoms. The minimum Gasteiger partial charge on any atom is -0.388 e. The molecule has 1 heterocycles. The lowest BCUT2D eigenvalue weighted by atomic mass is 10.0. The normalized spacial score (nSPS) is 24.5. The first-order valence-electron chi connectivity index (χ1n) is 5.27. The van der Waals surface area contributed by atoms with Gasteiger partial charge in [-0.1, -0.05) is 6.42 Å². The SMILES string of the molecule is CC1CCCCN1CCCC(=N)N. The van der Waals surface area contributed by atoms with Gasteiger partial charge in [-0.2, -0.15) is 0 Å². The first-order valence-corrected chi connectivity index (χ1v) is 5.27. The highest BCUT2D eigenvalue weighted by molar-refractivity contribution is 5.76. The molecule has 13 heavy (non-hydrogen) atoms. The molecule has 0 aliphatic carbocycles. The van der Waals surface area contributed by atoms with E-state index in [-0.39, 0.29) is 0 Å². The van der Waals surface area contributed by atoms with Crippen molar-refractivity contribution in [1.29, 1.82) is 5.41 Å². The van der Waals surface area contributed by atoms with Crippen molar-refractivity contribution >= 4 is 5.84 Å². The summed E-state index contributed by atoms with van der Waals surface area (Å²) in [6.07, 6.45) is 5.84. The van der Waals surface area contributed by atoms with E-state index in [9.17, 15) is 0 Å². The van der Waals surface area contributed by atoms with Crippen molar-refractivity contribution in [2.24, 2.45) is 5.73 Å². The smallest absolute Gasteiger partial charge is 0.0905 e. The molecule has 3 nitrogen and oxygen atoms in total. The van der Waals surface area contributed by atoms with Crippen molar-refractivity contribution in [2.75, 3.05) is 13.1 Å². The Balaban J connectivity index is 2.15. The molecule has 1 aliphatic rings. The van der Waals surface area contributed by atoms with E-state index in [1.165, 1.54) is 25.8 Å². The molecule has 0 radical (unpaired) electrons. The maximum absolute atomic E-state index is 7.12. The highest BCUT2D eigenvalue weighted by Gasteiger charge is 2.16. The van der Waals surface area contributed by atoms with Gasteiger partial charge in [0.15, 0.2) is 0 Å². The first kappa shape index (κ1) is 10.5. The molecule has 0 bridgehead atoms. The lowest BCUT2D eigenvalue weighted by Gasteiger charge is -2.33. The van der Waals surface area contributed by atoms with E-state index in [1.807, 2.05) is 0 Å². The van der Waals surface area contributed by atoms with Crippen LogP contribution in [0.15, 0.2) is 0 Å². The standard InChI is InChI=1S/C10H21N3/c1-9-5-2-3-7-13(9)8-4-6-10(11)12/h9H,2-8H2,1H3,(H3,11,12). The second kappa shape index (κ2) is 5.22. The number of rotatable bonds is 4. The average molecular weight is 183 g/mol. The minimum absolute atomic E-state index is 0.324. The molecule has 3 heteroatoms. The Kier molecular flexibility index (Phi) is 4.22. The van der Waals surface area contributed by atoms with E-state index in [0.29, 0.717) is 5.84 Å². The zero-order chi connectivity index (χ0) is 9.68. The van der Waals surface area contributed by atoms with Gasteiger partial charge in [-0.25, -0.2) is 0 Å². The van der Waals surface area contributed by atoms with Crippen LogP contribution in [-0.4, -0.2) is 29.9 Å². The third-order valence-electron chi connectivity index (χ3n) is 2.83. The lowest BCUT2D eigenvalue weighted by molar-refractivity contribution is 0.160. The summed E-state index contributed by atoms with van der Waals surface area (Å²) in [6.45, 7) is 4.65. The van der Waals surface area contributed by atoms with Gasteiger partial charge in [0.1, 0.15) is 0 Å². The van der Waals surface area contributed by atoms with Crippen molar-refractivity contribution in [1.82, 2.24) is 4.90 Å². The molecule has 1 saturated heterocycles. The molecule has 3 N–H and O–H groups in total. The van der Waals surface area contributed by atoms with Crippen molar-refractivity contribution in [2.45, 2.75) is 45.1 Å². The molecular weight excluding hydrogens is 162 g/mol. The maximum Gasteiger partial charge on any atom is 0.0905 e. The van der Waals surface area contributed by atoms with Gasteiger partial charge in [-0.05, 0) is 39.3 Å². The number of hydrogen-bond donors (Lipinski definition) is 2. The Labute approximate surface area is 80.8 Å². The highest BCUT2D eigenvalue weighted by atomic mass is 15.1. The monoisotopic (exact) mass is 183 g/mol. The van der Waals surface area contributed by atoms with Crippen LogP contribution >= 0.6 is 0 Å². The molecule has 0 aromatic heterocycles. The summed E-state index contributed by atoms with van der Waals surface area (Å²) in [5.74, 6) is 0.324. The molecule has 0 aromatic rings. The molecule has 0 aromatic carbocycles. The Morgan fingerprint density at radius 3 is 2.92 bits per heavy atom. The largest absolute Gasteiger partial charge is 0.388 e. The highest BCUT2D eigenvalue weighted by Crippen LogP contribution is 2.16. The van der Waals surface area contributed by atoms with Crippen LogP contribution in [0.5, 0.6) is 0 Å². The predicted octanol–water partition coefficient (Wildman–Crippen LogP) is 1.58. The van der Waals surface area contributed by atoms with Crippen molar-refractivity contribution in [3.05, 3.63) is 0 Å². The average Bonchev–Trinajstić information content (AvgIpc) is 2.08. The Hall–Kier alpha value is -0.570. The van der Waals surface area contributed by atoms with Crippen LogP contribution in [0.25, 0.3) is 0 Å². The molecule has 1 aliphatic heterocycles. The molecule has 0 saturated carbocycles. The van der Waals surface area contributed by atoms with Crippen LogP contribution < -0.4 is 5.73 Å². The van der Waals surface area contributed by atoms with E-state index < -0.39 is 0 Å². The zero-order valence-corrected chi connectivity index (χ0v) is 8.55. The van der Waals surface area contributed by atoms with Crippen LogP contribution in [-0.2, 0) is 0 Å². The molecule has 1 rings (SSSR count). The van der Waals surface area contributed by atoms with Crippen molar-refractivity contribution < 1.29 is 0 Å². The van der Waals surface area contributed by atoms with Gasteiger partial charge in [0, 0.05) is 12.5 Å². The predicted molar refractivity (Wildman–Crippen MR) is 56.0 cm³/mol. The summed E-state index contributed by atoms with van der Waals surface area (Å²) in [7, 11) is 0. The van der Waals surface area contributed by atoms with Gasteiger partial charge in [0.05, 0.1) is 5.84 Å². The number of amidine groups is 1. The van der Waals surface area contributed by atoms with Gasteiger partial charge < -0.3 is 10.6 Å². The Morgan fingerprint density at radius 2 is 2.31 bits per heavy atom. The summed E-state index contributed by atoms with van der Waals surface area (Å²) in [4.78, 5) is 2.52. The first-order chi connectivity index (χ1) is 6.20. The Morgan fingerprint density at radius 1 is 1.54 bits per heavy atom. The summed E-state index contributed by atoms with van der Waals surface area (Å²) in [6, 6.07) is 0.737. The second-order valence-electron chi connectivity index (χ2n) is 4.01. The van der Waals surface area contributed by atoms with Gasteiger partial charge in [0.2, 0.25) is 0 Å². The van der Waals surface area contributed by atoms with E-state index in [2.05, 4.69) is 11.8 Å². The third kappa shape index (κ3) is 3.77. The van der Waals surface area contributed by atoms with Crippen LogP contribution in [0.1, 0.15) is 39.0 Å². The lowest BCUT2D eigenvalue weighted by Crippen LogP contribution is -2.38.